The number of halogens is 3. The molecule has 4 nitrogen and oxygen atoms in total. The molecule has 0 bridgehead atoms. The van der Waals surface area contributed by atoms with Gasteiger partial charge in [0.25, 0.3) is 5.91 Å². The largest absolute Gasteiger partial charge is 0.339 e. The van der Waals surface area contributed by atoms with E-state index in [1.54, 1.807) is 11.8 Å². The van der Waals surface area contributed by atoms with E-state index in [0.717, 1.165) is 12.1 Å². The number of carbonyl (C=O) groups is 2. The number of nitrogens with zero attached hydrogens (tertiary/aromatic N) is 2. The fraction of sp³-hybridized carbons (Fsp3) is 0.429. The monoisotopic (exact) mass is 300 g/mol. The van der Waals surface area contributed by atoms with E-state index in [9.17, 15) is 22.8 Å². The van der Waals surface area contributed by atoms with E-state index in [1.165, 1.54) is 4.90 Å². The first kappa shape index (κ1) is 15.3. The Bertz CT molecular complexity index is 570. The van der Waals surface area contributed by atoms with Crippen molar-refractivity contribution in [1.29, 1.82) is 0 Å². The van der Waals surface area contributed by atoms with Crippen molar-refractivity contribution in [2.45, 2.75) is 13.3 Å². The van der Waals surface area contributed by atoms with E-state index < -0.39 is 28.9 Å². The molecule has 0 N–H and O–H groups in total. The fourth-order valence-electron chi connectivity index (χ4n) is 2.24. The van der Waals surface area contributed by atoms with Crippen LogP contribution in [0.4, 0.5) is 13.2 Å². The highest BCUT2D eigenvalue weighted by Crippen LogP contribution is 2.18. The molecule has 114 valence electrons. The molecule has 2 amide bonds. The SMILES string of the molecule is CCC(=O)N1CCN(C(=O)c2ccc(F)c(F)c2F)CC1. The molecule has 1 aliphatic rings. The Hall–Kier alpha value is -2.05. The Labute approximate surface area is 120 Å². The van der Waals surface area contributed by atoms with Crippen LogP contribution in [-0.4, -0.2) is 47.8 Å². The Morgan fingerprint density at radius 1 is 1.00 bits per heavy atom. The van der Waals surface area contributed by atoms with Crippen LogP contribution in [-0.2, 0) is 4.79 Å². The van der Waals surface area contributed by atoms with Crippen LogP contribution >= 0.6 is 0 Å². The van der Waals surface area contributed by atoms with Crippen LogP contribution in [0.1, 0.15) is 23.7 Å². The van der Waals surface area contributed by atoms with Gasteiger partial charge in [0, 0.05) is 32.6 Å². The third-order valence-corrected chi connectivity index (χ3v) is 3.49. The van der Waals surface area contributed by atoms with E-state index in [2.05, 4.69) is 0 Å². The zero-order valence-electron chi connectivity index (χ0n) is 11.5. The molecule has 1 aromatic carbocycles. The van der Waals surface area contributed by atoms with Gasteiger partial charge in [0.05, 0.1) is 5.56 Å². The van der Waals surface area contributed by atoms with Gasteiger partial charge in [0.2, 0.25) is 5.91 Å². The molecule has 0 unspecified atom stereocenters. The van der Waals surface area contributed by atoms with Crippen LogP contribution in [0.3, 0.4) is 0 Å². The second kappa shape index (κ2) is 6.15. The molecule has 1 saturated heterocycles. The molecule has 0 spiro atoms. The summed E-state index contributed by atoms with van der Waals surface area (Å²) in [6.07, 6.45) is 0.381. The average molecular weight is 300 g/mol. The number of piperazine rings is 1. The van der Waals surface area contributed by atoms with Crippen molar-refractivity contribution < 1.29 is 22.8 Å². The molecular formula is C14H15F3N2O2. The molecule has 21 heavy (non-hydrogen) atoms. The van der Waals surface area contributed by atoms with Crippen molar-refractivity contribution in [2.75, 3.05) is 26.2 Å². The van der Waals surface area contributed by atoms with Crippen LogP contribution in [0.2, 0.25) is 0 Å². The zero-order chi connectivity index (χ0) is 15.6. The molecular weight excluding hydrogens is 285 g/mol. The number of hydrogen-bond acceptors (Lipinski definition) is 2. The van der Waals surface area contributed by atoms with Crippen molar-refractivity contribution in [3.63, 3.8) is 0 Å². The van der Waals surface area contributed by atoms with Crippen LogP contribution in [0.25, 0.3) is 0 Å². The molecule has 7 heteroatoms. The molecule has 0 radical (unpaired) electrons. The highest BCUT2D eigenvalue weighted by Gasteiger charge is 2.27. The topological polar surface area (TPSA) is 40.6 Å². The molecule has 0 saturated carbocycles. The van der Waals surface area contributed by atoms with Gasteiger partial charge in [0.15, 0.2) is 17.5 Å². The van der Waals surface area contributed by atoms with Gasteiger partial charge in [-0.1, -0.05) is 6.92 Å². The summed E-state index contributed by atoms with van der Waals surface area (Å²) in [7, 11) is 0. The zero-order valence-corrected chi connectivity index (χ0v) is 11.5. The van der Waals surface area contributed by atoms with Gasteiger partial charge < -0.3 is 9.80 Å². The first-order chi connectivity index (χ1) is 9.95. The normalized spacial score (nSPS) is 15.2. The minimum absolute atomic E-state index is 0.0129. The molecule has 2 rings (SSSR count). The van der Waals surface area contributed by atoms with Crippen LogP contribution in [0.15, 0.2) is 12.1 Å². The van der Waals surface area contributed by atoms with E-state index in [-0.39, 0.29) is 19.0 Å². The standard InChI is InChI=1S/C14H15F3N2O2/c1-2-11(20)18-5-7-19(8-6-18)14(21)9-3-4-10(15)13(17)12(9)16/h3-4H,2,5-8H2,1H3. The van der Waals surface area contributed by atoms with Gasteiger partial charge in [-0.05, 0) is 12.1 Å². The van der Waals surface area contributed by atoms with E-state index in [4.69, 9.17) is 0 Å². The molecule has 1 aliphatic heterocycles. The van der Waals surface area contributed by atoms with Crippen molar-refractivity contribution in [1.82, 2.24) is 9.80 Å². The van der Waals surface area contributed by atoms with Gasteiger partial charge >= 0.3 is 0 Å². The lowest BCUT2D eigenvalue weighted by atomic mass is 10.1. The lowest BCUT2D eigenvalue weighted by Gasteiger charge is -2.34. The molecule has 1 fully saturated rings. The summed E-state index contributed by atoms with van der Waals surface area (Å²) in [5, 5.41) is 0. The van der Waals surface area contributed by atoms with Gasteiger partial charge in [-0.3, -0.25) is 9.59 Å². The summed E-state index contributed by atoms with van der Waals surface area (Å²) in [6, 6.07) is 1.65. The predicted molar refractivity (Wildman–Crippen MR) is 69.1 cm³/mol. The Balaban J connectivity index is 2.09. The maximum Gasteiger partial charge on any atom is 0.257 e. The van der Waals surface area contributed by atoms with Crippen molar-refractivity contribution >= 4 is 11.8 Å². The Morgan fingerprint density at radius 2 is 1.57 bits per heavy atom. The molecule has 1 aromatic rings. The average Bonchev–Trinajstić information content (AvgIpc) is 2.51. The molecule has 0 atom stereocenters. The lowest BCUT2D eigenvalue weighted by Crippen LogP contribution is -2.50. The number of amides is 2. The lowest BCUT2D eigenvalue weighted by molar-refractivity contribution is -0.132. The minimum Gasteiger partial charge on any atom is -0.339 e. The smallest absolute Gasteiger partial charge is 0.257 e. The first-order valence-electron chi connectivity index (χ1n) is 6.66. The van der Waals surface area contributed by atoms with Gasteiger partial charge in [-0.2, -0.15) is 0 Å². The Kier molecular flexibility index (Phi) is 4.50. The number of hydrogen-bond donors (Lipinski definition) is 0. The van der Waals surface area contributed by atoms with Gasteiger partial charge in [-0.15, -0.1) is 0 Å². The first-order valence-corrected chi connectivity index (χ1v) is 6.66. The van der Waals surface area contributed by atoms with Crippen LogP contribution in [0, 0.1) is 17.5 Å². The second-order valence-electron chi connectivity index (χ2n) is 4.75. The summed E-state index contributed by atoms with van der Waals surface area (Å²) in [5.41, 5.74) is -0.496. The van der Waals surface area contributed by atoms with E-state index >= 15 is 0 Å². The maximum atomic E-state index is 13.6. The molecule has 0 aromatic heterocycles. The highest BCUT2D eigenvalue weighted by atomic mass is 19.2. The van der Waals surface area contributed by atoms with E-state index in [1.807, 2.05) is 0 Å². The van der Waals surface area contributed by atoms with Crippen molar-refractivity contribution in [3.05, 3.63) is 35.1 Å². The summed E-state index contributed by atoms with van der Waals surface area (Å²) in [4.78, 5) is 26.6. The summed E-state index contributed by atoms with van der Waals surface area (Å²) >= 11 is 0. The highest BCUT2D eigenvalue weighted by molar-refractivity contribution is 5.94. The van der Waals surface area contributed by atoms with Crippen LogP contribution in [0.5, 0.6) is 0 Å². The number of rotatable bonds is 2. The summed E-state index contributed by atoms with van der Waals surface area (Å²) in [6.45, 7) is 2.93. The van der Waals surface area contributed by atoms with E-state index in [0.29, 0.717) is 19.5 Å². The fourth-order valence-corrected chi connectivity index (χ4v) is 2.24. The van der Waals surface area contributed by atoms with Gasteiger partial charge in [0.1, 0.15) is 0 Å². The Morgan fingerprint density at radius 3 is 2.14 bits per heavy atom. The summed E-state index contributed by atoms with van der Waals surface area (Å²) < 4.78 is 39.6. The van der Waals surface area contributed by atoms with Gasteiger partial charge in [-0.25, -0.2) is 13.2 Å². The van der Waals surface area contributed by atoms with Crippen molar-refractivity contribution in [3.8, 4) is 0 Å². The van der Waals surface area contributed by atoms with Crippen LogP contribution < -0.4 is 0 Å². The third-order valence-electron chi connectivity index (χ3n) is 3.49. The third kappa shape index (κ3) is 3.01. The molecule has 0 aliphatic carbocycles. The summed E-state index contributed by atoms with van der Waals surface area (Å²) in [5.74, 6) is -5.17. The molecule has 1 heterocycles. The number of benzene rings is 1. The second-order valence-corrected chi connectivity index (χ2v) is 4.75. The predicted octanol–water partition coefficient (Wildman–Crippen LogP) is 1.80. The number of carbonyl (C=O) groups excluding carboxylic acids is 2. The maximum absolute atomic E-state index is 13.6. The minimum atomic E-state index is -1.65. The quantitative estimate of drug-likeness (QED) is 0.781. The van der Waals surface area contributed by atoms with Crippen molar-refractivity contribution in [2.24, 2.45) is 0 Å².